The van der Waals surface area contributed by atoms with Gasteiger partial charge in [-0.25, -0.2) is 18.4 Å². The van der Waals surface area contributed by atoms with Crippen LogP contribution in [0, 0.1) is 0 Å². The van der Waals surface area contributed by atoms with E-state index in [1.807, 2.05) is 12.1 Å². The normalized spacial score (nSPS) is 17.3. The summed E-state index contributed by atoms with van der Waals surface area (Å²) in [5, 5.41) is 7.86. The number of anilines is 2. The molecule has 1 saturated heterocycles. The first-order valence-corrected chi connectivity index (χ1v) is 11.3. The average Bonchev–Trinajstić information content (AvgIpc) is 2.74. The van der Waals surface area contributed by atoms with Crippen LogP contribution in [0.5, 0.6) is 0 Å². The monoisotopic (exact) mass is 446 g/mol. The van der Waals surface area contributed by atoms with Crippen LogP contribution in [-0.2, 0) is 19.6 Å². The molecule has 0 aromatic heterocycles. The van der Waals surface area contributed by atoms with Crippen molar-refractivity contribution < 1.29 is 22.7 Å². The predicted molar refractivity (Wildman–Crippen MR) is 117 cm³/mol. The van der Waals surface area contributed by atoms with Gasteiger partial charge in [0, 0.05) is 37.1 Å². The van der Waals surface area contributed by atoms with E-state index in [1.165, 1.54) is 31.4 Å². The number of carbonyl (C=O) groups excluding carboxylic acids is 2. The van der Waals surface area contributed by atoms with Gasteiger partial charge in [-0.3, -0.25) is 9.69 Å². The van der Waals surface area contributed by atoms with Gasteiger partial charge in [0.1, 0.15) is 0 Å². The number of amides is 1. The third-order valence-electron chi connectivity index (χ3n) is 5.23. The first kappa shape index (κ1) is 22.7. The predicted octanol–water partition coefficient (Wildman–Crippen LogP) is 1.27. The first-order valence-electron chi connectivity index (χ1n) is 9.77. The molecule has 1 aliphatic heterocycles. The van der Waals surface area contributed by atoms with Crippen LogP contribution < -0.4 is 15.4 Å². The summed E-state index contributed by atoms with van der Waals surface area (Å²) in [6.45, 7) is 4.49. The van der Waals surface area contributed by atoms with Gasteiger partial charge >= 0.3 is 5.97 Å². The lowest BCUT2D eigenvalue weighted by Crippen LogP contribution is -2.53. The maximum absolute atomic E-state index is 12.4. The number of esters is 1. The van der Waals surface area contributed by atoms with Gasteiger partial charge in [-0.1, -0.05) is 0 Å². The number of sulfonamides is 1. The summed E-state index contributed by atoms with van der Waals surface area (Å²) < 4.78 is 27.4. The second kappa shape index (κ2) is 9.46. The van der Waals surface area contributed by atoms with E-state index in [0.29, 0.717) is 17.8 Å². The quantitative estimate of drug-likeness (QED) is 0.641. The van der Waals surface area contributed by atoms with Gasteiger partial charge in [0.15, 0.2) is 0 Å². The zero-order chi connectivity index (χ0) is 22.6. The summed E-state index contributed by atoms with van der Waals surface area (Å²) in [4.78, 5) is 28.3. The van der Waals surface area contributed by atoms with Gasteiger partial charge in [-0.05, 0) is 55.5 Å². The Bertz CT molecular complexity index is 1040. The molecule has 1 heterocycles. The number of methoxy groups -OCH3 is 1. The van der Waals surface area contributed by atoms with Crippen molar-refractivity contribution in [1.29, 1.82) is 0 Å². The first-order chi connectivity index (χ1) is 14.7. The Morgan fingerprint density at radius 2 is 1.74 bits per heavy atom. The summed E-state index contributed by atoms with van der Waals surface area (Å²) in [6.07, 6.45) is 0. The lowest BCUT2D eigenvalue weighted by atomic mass is 10.1. The highest BCUT2D eigenvalue weighted by molar-refractivity contribution is 7.89. The molecule has 2 aromatic rings. The van der Waals surface area contributed by atoms with Crippen LogP contribution in [0.15, 0.2) is 53.4 Å². The molecule has 1 fully saturated rings. The van der Waals surface area contributed by atoms with Crippen molar-refractivity contribution in [3.05, 3.63) is 54.1 Å². The van der Waals surface area contributed by atoms with Gasteiger partial charge in [0.25, 0.3) is 0 Å². The van der Waals surface area contributed by atoms with E-state index in [-0.39, 0.29) is 29.4 Å². The maximum Gasteiger partial charge on any atom is 0.337 e. The van der Waals surface area contributed by atoms with Crippen LogP contribution in [0.4, 0.5) is 11.4 Å². The molecule has 0 radical (unpaired) electrons. The number of benzene rings is 2. The number of nitrogens with one attached hydrogen (secondary N) is 1. The minimum atomic E-state index is -3.76. The summed E-state index contributed by atoms with van der Waals surface area (Å²) in [5.41, 5.74) is 2.03. The number of hydrogen-bond donors (Lipinski definition) is 2. The molecular formula is C21H26N4O5S. The van der Waals surface area contributed by atoms with Crippen LogP contribution >= 0.6 is 0 Å². The van der Waals surface area contributed by atoms with Crippen molar-refractivity contribution in [3.63, 3.8) is 0 Å². The largest absolute Gasteiger partial charge is 0.465 e. The number of ether oxygens (including phenoxy) is 1. The second-order valence-corrected chi connectivity index (χ2v) is 8.98. The highest BCUT2D eigenvalue weighted by atomic mass is 32.2. The Balaban J connectivity index is 1.54. The van der Waals surface area contributed by atoms with Crippen molar-refractivity contribution in [2.75, 3.05) is 43.5 Å². The Morgan fingerprint density at radius 3 is 2.29 bits per heavy atom. The van der Waals surface area contributed by atoms with E-state index >= 15 is 0 Å². The molecule has 3 N–H and O–H groups in total. The van der Waals surface area contributed by atoms with E-state index in [2.05, 4.69) is 22.0 Å². The molecule has 31 heavy (non-hydrogen) atoms. The minimum Gasteiger partial charge on any atom is -0.465 e. The van der Waals surface area contributed by atoms with Crippen LogP contribution in [0.2, 0.25) is 0 Å². The van der Waals surface area contributed by atoms with Gasteiger partial charge in [0.2, 0.25) is 15.9 Å². The Hall–Kier alpha value is -2.95. The van der Waals surface area contributed by atoms with Crippen LogP contribution in [0.3, 0.4) is 0 Å². The number of nitrogens with zero attached hydrogens (tertiary/aromatic N) is 2. The average molecular weight is 447 g/mol. The van der Waals surface area contributed by atoms with Gasteiger partial charge in [-0.15, -0.1) is 0 Å². The number of piperazine rings is 1. The fourth-order valence-corrected chi connectivity index (χ4v) is 4.02. The van der Waals surface area contributed by atoms with Gasteiger partial charge in [0.05, 0.1) is 24.1 Å². The third kappa shape index (κ3) is 5.81. The molecule has 1 aliphatic rings. The molecule has 1 atom stereocenters. The Kier molecular flexibility index (Phi) is 6.94. The van der Waals surface area contributed by atoms with Crippen molar-refractivity contribution in [1.82, 2.24) is 4.90 Å². The number of primary sulfonamides is 1. The molecule has 0 aliphatic carbocycles. The fourth-order valence-electron chi connectivity index (χ4n) is 3.50. The summed E-state index contributed by atoms with van der Waals surface area (Å²) in [6, 6.07) is 13.2. The van der Waals surface area contributed by atoms with E-state index in [4.69, 9.17) is 9.88 Å². The van der Waals surface area contributed by atoms with Gasteiger partial charge in [-0.2, -0.15) is 0 Å². The Morgan fingerprint density at radius 1 is 1.10 bits per heavy atom. The maximum atomic E-state index is 12.4. The third-order valence-corrected chi connectivity index (χ3v) is 6.16. The molecule has 1 amide bonds. The van der Waals surface area contributed by atoms with Crippen LogP contribution in [0.25, 0.3) is 0 Å². The molecule has 10 heteroatoms. The summed E-state index contributed by atoms with van der Waals surface area (Å²) in [5.74, 6) is -0.541. The molecule has 1 unspecified atom stereocenters. The van der Waals surface area contributed by atoms with Crippen molar-refractivity contribution in [2.45, 2.75) is 17.9 Å². The van der Waals surface area contributed by atoms with E-state index in [0.717, 1.165) is 18.8 Å². The molecule has 0 bridgehead atoms. The molecule has 0 saturated carbocycles. The lowest BCUT2D eigenvalue weighted by molar-refractivity contribution is -0.117. The second-order valence-electron chi connectivity index (χ2n) is 7.42. The van der Waals surface area contributed by atoms with Crippen LogP contribution in [0.1, 0.15) is 17.3 Å². The van der Waals surface area contributed by atoms with Crippen LogP contribution in [-0.4, -0.2) is 64.5 Å². The lowest BCUT2D eigenvalue weighted by Gasteiger charge is -2.40. The highest BCUT2D eigenvalue weighted by Crippen LogP contribution is 2.20. The highest BCUT2D eigenvalue weighted by Gasteiger charge is 2.25. The van der Waals surface area contributed by atoms with E-state index in [1.54, 1.807) is 12.1 Å². The zero-order valence-corrected chi connectivity index (χ0v) is 18.3. The molecule has 0 spiro atoms. The minimum absolute atomic E-state index is 0.00476. The Labute approximate surface area is 181 Å². The molecule has 3 rings (SSSR count). The van der Waals surface area contributed by atoms with Crippen molar-refractivity contribution in [3.8, 4) is 0 Å². The van der Waals surface area contributed by atoms with E-state index in [9.17, 15) is 18.0 Å². The van der Waals surface area contributed by atoms with Gasteiger partial charge < -0.3 is 15.0 Å². The topological polar surface area (TPSA) is 122 Å². The molecule has 2 aromatic carbocycles. The molecule has 9 nitrogen and oxygen atoms in total. The van der Waals surface area contributed by atoms with Crippen molar-refractivity contribution in [2.24, 2.45) is 5.14 Å². The zero-order valence-electron chi connectivity index (χ0n) is 17.4. The number of nitrogens with two attached hydrogens (primary N) is 1. The fraction of sp³-hybridized carbons (Fsp3) is 0.333. The number of rotatable bonds is 6. The molecule has 166 valence electrons. The smallest absolute Gasteiger partial charge is 0.337 e. The van der Waals surface area contributed by atoms with Crippen molar-refractivity contribution >= 4 is 33.3 Å². The summed E-state index contributed by atoms with van der Waals surface area (Å²) in [7, 11) is -2.41. The summed E-state index contributed by atoms with van der Waals surface area (Å²) >= 11 is 0. The number of hydrogen-bond acceptors (Lipinski definition) is 7. The SMILES string of the molecule is COC(=O)c1ccc(N2CCN(CC(=O)Nc3ccc(S(N)(=O)=O)cc3)C(C)C2)cc1. The standard InChI is InChI=1S/C21H26N4O5S/c1-15-13-25(18-7-3-16(4-8-18)21(27)30-2)12-11-24(15)14-20(26)23-17-5-9-19(10-6-17)31(22,28)29/h3-10,15H,11-14H2,1-2H3,(H,23,26)(H2,22,28,29). The van der Waals surface area contributed by atoms with E-state index < -0.39 is 10.0 Å². The molecular weight excluding hydrogens is 420 g/mol. The number of carbonyl (C=O) groups is 2.